The number of hydrogen-bond donors (Lipinski definition) is 2. The third-order valence-corrected chi connectivity index (χ3v) is 8.18. The van der Waals surface area contributed by atoms with E-state index in [-0.39, 0.29) is 29.7 Å². The van der Waals surface area contributed by atoms with Gasteiger partial charge >= 0.3 is 0 Å². The van der Waals surface area contributed by atoms with E-state index in [0.717, 1.165) is 12.0 Å². The van der Waals surface area contributed by atoms with Crippen LogP contribution in [0.2, 0.25) is 5.02 Å². The van der Waals surface area contributed by atoms with Gasteiger partial charge in [-0.2, -0.15) is 0 Å². The zero-order chi connectivity index (χ0) is 27.2. The number of carbonyl (C=O) groups is 2. The molecule has 1 fully saturated rings. The number of Topliss-reactive ketones (excluding diaryl/α,β-unsaturated/α-hetero) is 1. The summed E-state index contributed by atoms with van der Waals surface area (Å²) in [6.45, 7) is 4.93. The van der Waals surface area contributed by atoms with Crippen LogP contribution in [0.5, 0.6) is 0 Å². The second kappa shape index (κ2) is 12.2. The summed E-state index contributed by atoms with van der Waals surface area (Å²) in [6.07, 6.45) is 2.20. The molecular formula is C32H37ClN2O3. The second-order valence-electron chi connectivity index (χ2n) is 10.6. The quantitative estimate of drug-likeness (QED) is 0.322. The first-order valence-corrected chi connectivity index (χ1v) is 13.7. The van der Waals surface area contributed by atoms with Crippen molar-refractivity contribution >= 4 is 23.3 Å². The predicted octanol–water partition coefficient (Wildman–Crippen LogP) is 5.83. The lowest BCUT2D eigenvalue weighted by atomic mass is 9.72. The Labute approximate surface area is 230 Å². The molecule has 3 aromatic carbocycles. The highest BCUT2D eigenvalue weighted by molar-refractivity contribution is 6.30. The average molecular weight is 533 g/mol. The van der Waals surface area contributed by atoms with E-state index in [1.54, 1.807) is 12.1 Å². The number of carbonyl (C=O) groups excluding carboxylic acids is 2. The first-order chi connectivity index (χ1) is 18.2. The molecule has 0 aromatic heterocycles. The molecule has 3 aromatic rings. The maximum absolute atomic E-state index is 12.7. The van der Waals surface area contributed by atoms with Gasteiger partial charge in [-0.15, -0.1) is 0 Å². The first kappa shape index (κ1) is 28.0. The molecule has 0 bridgehead atoms. The lowest BCUT2D eigenvalue weighted by Gasteiger charge is -2.43. The van der Waals surface area contributed by atoms with Crippen LogP contribution in [-0.2, 0) is 20.6 Å². The summed E-state index contributed by atoms with van der Waals surface area (Å²) >= 11 is 6.05. The molecule has 1 aliphatic rings. The minimum Gasteiger partial charge on any atom is -0.385 e. The molecule has 4 rings (SSSR count). The van der Waals surface area contributed by atoms with E-state index in [1.165, 1.54) is 18.1 Å². The van der Waals surface area contributed by atoms with Crippen molar-refractivity contribution < 1.29 is 14.7 Å². The van der Waals surface area contributed by atoms with Gasteiger partial charge in [-0.05, 0) is 61.4 Å². The lowest BCUT2D eigenvalue weighted by molar-refractivity contribution is -0.129. The van der Waals surface area contributed by atoms with Gasteiger partial charge in [0.2, 0.25) is 5.91 Å². The molecule has 1 amide bonds. The Bertz CT molecular complexity index is 1170. The van der Waals surface area contributed by atoms with Gasteiger partial charge in [0.25, 0.3) is 0 Å². The average Bonchev–Trinajstić information content (AvgIpc) is 2.92. The van der Waals surface area contributed by atoms with Gasteiger partial charge in [0, 0.05) is 23.5 Å². The molecular weight excluding hydrogens is 496 g/mol. The monoisotopic (exact) mass is 532 g/mol. The number of benzene rings is 3. The summed E-state index contributed by atoms with van der Waals surface area (Å²) in [5.41, 5.74) is 2.11. The van der Waals surface area contributed by atoms with Crippen LogP contribution in [0.4, 0.5) is 0 Å². The predicted molar refractivity (Wildman–Crippen MR) is 152 cm³/mol. The standard InChI is InChI=1S/C32H37ClN2O3/c1-24(36)23-30(37)34-29(35-21-19-32(38,20-22-35)27-13-15-28(33)16-14-27)17-18-31(2,25-9-5-3-6-10-25)26-11-7-4-8-12-26/h3-16,29,38H,17-23H2,1-2H3,(H,34,37). The zero-order valence-corrected chi connectivity index (χ0v) is 23.0. The van der Waals surface area contributed by atoms with Crippen molar-refractivity contribution in [3.8, 4) is 0 Å². The number of aliphatic hydroxyl groups is 1. The van der Waals surface area contributed by atoms with Crippen LogP contribution in [0.1, 0.15) is 62.6 Å². The van der Waals surface area contributed by atoms with E-state index < -0.39 is 5.60 Å². The summed E-state index contributed by atoms with van der Waals surface area (Å²) < 4.78 is 0. The highest BCUT2D eigenvalue weighted by atomic mass is 35.5. The molecule has 1 saturated heterocycles. The maximum Gasteiger partial charge on any atom is 0.228 e. The lowest BCUT2D eigenvalue weighted by Crippen LogP contribution is -2.54. The van der Waals surface area contributed by atoms with Gasteiger partial charge in [0.15, 0.2) is 0 Å². The van der Waals surface area contributed by atoms with E-state index in [2.05, 4.69) is 65.7 Å². The van der Waals surface area contributed by atoms with E-state index in [0.29, 0.717) is 37.4 Å². The number of nitrogens with zero attached hydrogens (tertiary/aromatic N) is 1. The van der Waals surface area contributed by atoms with Crippen molar-refractivity contribution in [2.45, 2.75) is 63.1 Å². The number of hydrogen-bond acceptors (Lipinski definition) is 4. The number of likely N-dealkylation sites (tertiary alicyclic amines) is 1. The van der Waals surface area contributed by atoms with Crippen molar-refractivity contribution in [3.63, 3.8) is 0 Å². The molecule has 200 valence electrons. The summed E-state index contributed by atoms with van der Waals surface area (Å²) in [6, 6.07) is 28.3. The summed E-state index contributed by atoms with van der Waals surface area (Å²) in [7, 11) is 0. The minimum absolute atomic E-state index is 0.131. The van der Waals surface area contributed by atoms with Crippen LogP contribution in [0.25, 0.3) is 0 Å². The SMILES string of the molecule is CC(=O)CC(=O)NC(CCC(C)(c1ccccc1)c1ccccc1)N1CCC(O)(c2ccc(Cl)cc2)CC1. The Morgan fingerprint density at radius 2 is 1.47 bits per heavy atom. The summed E-state index contributed by atoms with van der Waals surface area (Å²) in [5, 5.41) is 15.2. The van der Waals surface area contributed by atoms with Gasteiger partial charge in [-0.1, -0.05) is 91.3 Å². The van der Waals surface area contributed by atoms with E-state index >= 15 is 0 Å². The van der Waals surface area contributed by atoms with Crippen molar-refractivity contribution in [2.75, 3.05) is 13.1 Å². The van der Waals surface area contributed by atoms with E-state index in [9.17, 15) is 14.7 Å². The molecule has 0 spiro atoms. The fraction of sp³-hybridized carbons (Fsp3) is 0.375. The van der Waals surface area contributed by atoms with Crippen LogP contribution in [0, 0.1) is 0 Å². The van der Waals surface area contributed by atoms with Gasteiger partial charge < -0.3 is 10.4 Å². The molecule has 2 N–H and O–H groups in total. The third kappa shape index (κ3) is 6.71. The Morgan fingerprint density at radius 3 is 1.97 bits per heavy atom. The highest BCUT2D eigenvalue weighted by Crippen LogP contribution is 2.38. The smallest absolute Gasteiger partial charge is 0.228 e. The Balaban J connectivity index is 1.54. The minimum atomic E-state index is -0.933. The Kier molecular flexibility index (Phi) is 9.03. The molecule has 1 aliphatic heterocycles. The molecule has 1 unspecified atom stereocenters. The van der Waals surface area contributed by atoms with Crippen LogP contribution >= 0.6 is 11.6 Å². The number of rotatable bonds is 10. The van der Waals surface area contributed by atoms with Crippen molar-refractivity contribution in [2.24, 2.45) is 0 Å². The number of nitrogens with one attached hydrogen (secondary N) is 1. The normalized spacial score (nSPS) is 16.5. The van der Waals surface area contributed by atoms with Crippen molar-refractivity contribution in [1.82, 2.24) is 10.2 Å². The number of ketones is 1. The Hall–Kier alpha value is -2.99. The Morgan fingerprint density at radius 1 is 0.947 bits per heavy atom. The molecule has 5 nitrogen and oxygen atoms in total. The molecule has 0 saturated carbocycles. The van der Waals surface area contributed by atoms with Gasteiger partial charge in [-0.25, -0.2) is 0 Å². The topological polar surface area (TPSA) is 69.6 Å². The van der Waals surface area contributed by atoms with E-state index in [1.807, 2.05) is 24.3 Å². The largest absolute Gasteiger partial charge is 0.385 e. The molecule has 1 heterocycles. The third-order valence-electron chi connectivity index (χ3n) is 7.92. The van der Waals surface area contributed by atoms with E-state index in [4.69, 9.17) is 11.6 Å². The first-order valence-electron chi connectivity index (χ1n) is 13.3. The molecule has 1 atom stereocenters. The van der Waals surface area contributed by atoms with Crippen LogP contribution in [0.3, 0.4) is 0 Å². The zero-order valence-electron chi connectivity index (χ0n) is 22.2. The van der Waals surface area contributed by atoms with Crippen LogP contribution < -0.4 is 5.32 Å². The summed E-state index contributed by atoms with van der Waals surface area (Å²) in [4.78, 5) is 26.6. The second-order valence-corrected chi connectivity index (χ2v) is 11.1. The fourth-order valence-corrected chi connectivity index (χ4v) is 5.68. The van der Waals surface area contributed by atoms with Crippen molar-refractivity contribution in [1.29, 1.82) is 0 Å². The van der Waals surface area contributed by atoms with Gasteiger partial charge in [-0.3, -0.25) is 14.5 Å². The summed E-state index contributed by atoms with van der Waals surface area (Å²) in [5.74, 6) is -0.419. The fourth-order valence-electron chi connectivity index (χ4n) is 5.56. The number of piperidine rings is 1. The van der Waals surface area contributed by atoms with Gasteiger partial charge in [0.05, 0.1) is 18.2 Å². The number of halogens is 1. The van der Waals surface area contributed by atoms with Crippen LogP contribution in [0.15, 0.2) is 84.9 Å². The van der Waals surface area contributed by atoms with Crippen LogP contribution in [-0.4, -0.2) is 41.0 Å². The molecule has 0 radical (unpaired) electrons. The van der Waals surface area contributed by atoms with Gasteiger partial charge in [0.1, 0.15) is 5.78 Å². The number of amides is 1. The molecule has 0 aliphatic carbocycles. The molecule has 6 heteroatoms. The molecule has 38 heavy (non-hydrogen) atoms. The highest BCUT2D eigenvalue weighted by Gasteiger charge is 2.37. The van der Waals surface area contributed by atoms with Crippen molar-refractivity contribution in [3.05, 3.63) is 107 Å². The maximum atomic E-state index is 12.7.